The first kappa shape index (κ1) is 12.2. The van der Waals surface area contributed by atoms with Crippen molar-refractivity contribution in [3.63, 3.8) is 0 Å². The van der Waals surface area contributed by atoms with E-state index in [2.05, 4.69) is 10.1 Å². The number of methoxy groups -OCH3 is 1. The zero-order valence-electron chi connectivity index (χ0n) is 11.1. The van der Waals surface area contributed by atoms with E-state index in [4.69, 9.17) is 15.0 Å². The summed E-state index contributed by atoms with van der Waals surface area (Å²) in [5, 5.41) is 4.05. The highest BCUT2D eigenvalue weighted by Gasteiger charge is 2.48. The first-order chi connectivity index (χ1) is 9.18. The van der Waals surface area contributed by atoms with Crippen molar-refractivity contribution in [2.24, 2.45) is 5.73 Å². The lowest BCUT2D eigenvalue weighted by atomic mass is 10.1. The summed E-state index contributed by atoms with van der Waals surface area (Å²) < 4.78 is 10.6. The van der Waals surface area contributed by atoms with E-state index in [1.165, 1.54) is 0 Å². The molecule has 1 aromatic heterocycles. The maximum Gasteiger partial charge on any atom is 0.234 e. The molecule has 0 bridgehead atoms. The lowest BCUT2D eigenvalue weighted by Crippen LogP contribution is -2.19. The summed E-state index contributed by atoms with van der Waals surface area (Å²) in [5.41, 5.74) is 7.68. The van der Waals surface area contributed by atoms with Gasteiger partial charge in [-0.3, -0.25) is 0 Å². The Balaban J connectivity index is 1.93. The molecule has 2 N–H and O–H groups in total. The van der Waals surface area contributed by atoms with Gasteiger partial charge in [-0.05, 0) is 43.5 Å². The highest BCUT2D eigenvalue weighted by molar-refractivity contribution is 5.58. The molecule has 1 saturated carbocycles. The number of nitrogens with zero attached hydrogens (tertiary/aromatic N) is 2. The first-order valence-electron chi connectivity index (χ1n) is 6.38. The summed E-state index contributed by atoms with van der Waals surface area (Å²) >= 11 is 0. The average molecular weight is 259 g/mol. The number of ether oxygens (including phenoxy) is 1. The Bertz CT molecular complexity index is 602. The van der Waals surface area contributed by atoms with Gasteiger partial charge in [-0.15, -0.1) is 0 Å². The summed E-state index contributed by atoms with van der Waals surface area (Å²) in [6, 6.07) is 5.84. The van der Waals surface area contributed by atoms with Gasteiger partial charge in [-0.1, -0.05) is 5.16 Å². The molecule has 0 atom stereocenters. The summed E-state index contributed by atoms with van der Waals surface area (Å²) in [5.74, 6) is 2.13. The predicted octanol–water partition coefficient (Wildman–Crippen LogP) is 2.04. The molecule has 1 aliphatic carbocycles. The monoisotopic (exact) mass is 259 g/mol. The number of nitrogens with two attached hydrogens (primary N) is 1. The number of aryl methyl sites for hydroxylation is 1. The Labute approximate surface area is 111 Å². The summed E-state index contributed by atoms with van der Waals surface area (Å²) in [7, 11) is 1.66. The molecule has 2 aromatic rings. The smallest absolute Gasteiger partial charge is 0.234 e. The van der Waals surface area contributed by atoms with Gasteiger partial charge in [0.15, 0.2) is 0 Å². The number of hydrogen-bond acceptors (Lipinski definition) is 5. The summed E-state index contributed by atoms with van der Waals surface area (Å²) in [6.45, 7) is 2.56. The molecule has 0 radical (unpaired) electrons. The second-order valence-corrected chi connectivity index (χ2v) is 5.09. The van der Waals surface area contributed by atoms with Crippen molar-refractivity contribution >= 4 is 0 Å². The van der Waals surface area contributed by atoms with E-state index in [0.29, 0.717) is 18.3 Å². The first-order valence-corrected chi connectivity index (χ1v) is 6.38. The van der Waals surface area contributed by atoms with Crippen LogP contribution in [-0.2, 0) is 5.41 Å². The van der Waals surface area contributed by atoms with Gasteiger partial charge in [0, 0.05) is 12.1 Å². The molecule has 1 heterocycles. The number of hydrogen-bond donors (Lipinski definition) is 1. The lowest BCUT2D eigenvalue weighted by Gasteiger charge is -2.05. The third-order valence-electron chi connectivity index (χ3n) is 3.78. The molecular weight excluding hydrogens is 242 g/mol. The van der Waals surface area contributed by atoms with Crippen LogP contribution in [0.5, 0.6) is 5.75 Å². The second kappa shape index (κ2) is 4.35. The van der Waals surface area contributed by atoms with Crippen molar-refractivity contribution in [3.8, 4) is 17.1 Å². The predicted molar refractivity (Wildman–Crippen MR) is 71.0 cm³/mol. The molecule has 0 saturated heterocycles. The normalized spacial score (nSPS) is 16.4. The van der Waals surface area contributed by atoms with Gasteiger partial charge in [-0.25, -0.2) is 0 Å². The fourth-order valence-corrected chi connectivity index (χ4v) is 2.23. The van der Waals surface area contributed by atoms with Crippen LogP contribution >= 0.6 is 0 Å². The van der Waals surface area contributed by atoms with Gasteiger partial charge < -0.3 is 15.0 Å². The fraction of sp³-hybridized carbons (Fsp3) is 0.429. The van der Waals surface area contributed by atoms with Gasteiger partial charge in [0.05, 0.1) is 12.5 Å². The minimum Gasteiger partial charge on any atom is -0.496 e. The standard InChI is InChI=1S/C14H17N3O2/c1-9-7-10(3-4-11(9)18-2)12-16-13(19-17-12)14(8-15)5-6-14/h3-4,7H,5-6,8,15H2,1-2H3. The van der Waals surface area contributed by atoms with Crippen molar-refractivity contribution in [2.75, 3.05) is 13.7 Å². The maximum atomic E-state index is 5.77. The molecule has 3 rings (SSSR count). The van der Waals surface area contributed by atoms with E-state index in [0.717, 1.165) is 29.7 Å². The summed E-state index contributed by atoms with van der Waals surface area (Å²) in [4.78, 5) is 4.48. The van der Waals surface area contributed by atoms with E-state index in [9.17, 15) is 0 Å². The molecule has 0 spiro atoms. The highest BCUT2D eigenvalue weighted by Crippen LogP contribution is 2.46. The number of benzene rings is 1. The molecule has 0 aliphatic heterocycles. The van der Waals surface area contributed by atoms with Gasteiger partial charge in [0.25, 0.3) is 0 Å². The van der Waals surface area contributed by atoms with Crippen LogP contribution in [0.1, 0.15) is 24.3 Å². The number of aromatic nitrogens is 2. The van der Waals surface area contributed by atoms with Crippen molar-refractivity contribution in [3.05, 3.63) is 29.7 Å². The van der Waals surface area contributed by atoms with Gasteiger partial charge in [0.1, 0.15) is 5.75 Å². The van der Waals surface area contributed by atoms with E-state index in [-0.39, 0.29) is 5.41 Å². The van der Waals surface area contributed by atoms with Gasteiger partial charge >= 0.3 is 0 Å². The van der Waals surface area contributed by atoms with E-state index >= 15 is 0 Å². The Hall–Kier alpha value is -1.88. The molecule has 5 heteroatoms. The Morgan fingerprint density at radius 3 is 2.79 bits per heavy atom. The maximum absolute atomic E-state index is 5.77. The zero-order valence-corrected chi connectivity index (χ0v) is 11.1. The third-order valence-corrected chi connectivity index (χ3v) is 3.78. The van der Waals surface area contributed by atoms with E-state index in [1.807, 2.05) is 25.1 Å². The fourth-order valence-electron chi connectivity index (χ4n) is 2.23. The van der Waals surface area contributed by atoms with Crippen LogP contribution < -0.4 is 10.5 Å². The molecule has 0 unspecified atom stereocenters. The van der Waals surface area contributed by atoms with Crippen LogP contribution in [0.25, 0.3) is 11.4 Å². The Kier molecular flexibility index (Phi) is 2.78. The van der Waals surface area contributed by atoms with Crippen LogP contribution in [0.4, 0.5) is 0 Å². The molecule has 100 valence electrons. The third kappa shape index (κ3) is 2.00. The molecular formula is C14H17N3O2. The van der Waals surface area contributed by atoms with Crippen molar-refractivity contribution in [1.29, 1.82) is 0 Å². The molecule has 5 nitrogen and oxygen atoms in total. The Morgan fingerprint density at radius 2 is 2.21 bits per heavy atom. The highest BCUT2D eigenvalue weighted by atomic mass is 16.5. The van der Waals surface area contributed by atoms with Crippen LogP contribution in [0.15, 0.2) is 22.7 Å². The minimum absolute atomic E-state index is 0.0627. The van der Waals surface area contributed by atoms with Crippen LogP contribution in [0.2, 0.25) is 0 Å². The number of rotatable bonds is 4. The summed E-state index contributed by atoms with van der Waals surface area (Å²) in [6.07, 6.45) is 2.07. The molecule has 19 heavy (non-hydrogen) atoms. The molecule has 1 fully saturated rings. The Morgan fingerprint density at radius 1 is 1.42 bits per heavy atom. The van der Waals surface area contributed by atoms with Crippen LogP contribution in [0.3, 0.4) is 0 Å². The second-order valence-electron chi connectivity index (χ2n) is 5.09. The quantitative estimate of drug-likeness (QED) is 0.909. The van der Waals surface area contributed by atoms with Crippen LogP contribution in [-0.4, -0.2) is 23.8 Å². The van der Waals surface area contributed by atoms with Crippen LogP contribution in [0, 0.1) is 6.92 Å². The van der Waals surface area contributed by atoms with E-state index in [1.54, 1.807) is 7.11 Å². The topological polar surface area (TPSA) is 74.2 Å². The largest absolute Gasteiger partial charge is 0.496 e. The molecule has 1 aliphatic rings. The lowest BCUT2D eigenvalue weighted by molar-refractivity contribution is 0.347. The molecule has 1 aromatic carbocycles. The van der Waals surface area contributed by atoms with Gasteiger partial charge in [0.2, 0.25) is 11.7 Å². The van der Waals surface area contributed by atoms with Gasteiger partial charge in [-0.2, -0.15) is 4.98 Å². The van der Waals surface area contributed by atoms with Crippen molar-refractivity contribution < 1.29 is 9.26 Å². The van der Waals surface area contributed by atoms with Crippen molar-refractivity contribution in [1.82, 2.24) is 10.1 Å². The SMILES string of the molecule is COc1ccc(-c2noc(C3(CN)CC3)n2)cc1C. The molecule has 0 amide bonds. The van der Waals surface area contributed by atoms with Crippen molar-refractivity contribution in [2.45, 2.75) is 25.2 Å². The average Bonchev–Trinajstić information content (AvgIpc) is 3.08. The zero-order chi connectivity index (χ0) is 13.5. The minimum atomic E-state index is -0.0627. The van der Waals surface area contributed by atoms with E-state index < -0.39 is 0 Å².